The number of rotatable bonds is 34. The first-order valence-electron chi connectivity index (χ1n) is 28.2. The summed E-state index contributed by atoms with van der Waals surface area (Å²) in [5, 5.41) is 29.9. The third-order valence-electron chi connectivity index (χ3n) is 14.2. The highest BCUT2D eigenvalue weighted by atomic mass is 32.1. The van der Waals surface area contributed by atoms with E-state index in [0.29, 0.717) is 83.1 Å². The van der Waals surface area contributed by atoms with Crippen molar-refractivity contribution in [2.45, 2.75) is 111 Å². The fourth-order valence-electron chi connectivity index (χ4n) is 9.16. The second-order valence-electron chi connectivity index (χ2n) is 21.2. The van der Waals surface area contributed by atoms with Crippen molar-refractivity contribution in [3.8, 4) is 5.75 Å². The Bertz CT molecular complexity index is 2470. The van der Waals surface area contributed by atoms with E-state index in [-0.39, 0.29) is 54.5 Å². The number of thiazole rings is 1. The van der Waals surface area contributed by atoms with E-state index in [0.717, 1.165) is 42.8 Å². The minimum atomic E-state index is -1.00. The van der Waals surface area contributed by atoms with Crippen LogP contribution in [0, 0.1) is 30.6 Å². The zero-order chi connectivity index (χ0) is 59.3. The van der Waals surface area contributed by atoms with Crippen LogP contribution in [0.25, 0.3) is 0 Å². The zero-order valence-electron chi connectivity index (χ0n) is 48.9. The van der Waals surface area contributed by atoms with Crippen molar-refractivity contribution >= 4 is 52.8 Å². The lowest BCUT2D eigenvalue weighted by molar-refractivity contribution is -0.149. The number of hydrogen-bond donors (Lipinski definition) is 5. The topological polar surface area (TPSA) is 248 Å². The average Bonchev–Trinajstić information content (AvgIpc) is 3.95. The number of likely N-dealkylation sites (N-methyl/N-ethyl adjacent to an activating group) is 2. The first kappa shape index (κ1) is 67.1. The maximum atomic E-state index is 14.4. The molecule has 1 saturated heterocycles. The number of aromatic hydroxyl groups is 1. The number of alkyl carbamates (subject to hydrolysis) is 1. The van der Waals surface area contributed by atoms with E-state index < -0.39 is 54.1 Å². The molecule has 0 spiro atoms. The molecule has 81 heavy (non-hydrogen) atoms. The molecule has 1 aliphatic rings. The van der Waals surface area contributed by atoms with Crippen LogP contribution in [0.15, 0.2) is 78.2 Å². The van der Waals surface area contributed by atoms with Gasteiger partial charge in [-0.25, -0.2) is 9.78 Å². The fraction of sp³-hybridized carbons (Fsp3) is 0.583. The van der Waals surface area contributed by atoms with E-state index in [4.69, 9.17) is 23.7 Å². The average molecular weight is 1150 g/mol. The highest BCUT2D eigenvalue weighted by molar-refractivity contribution is 7.09. The third kappa shape index (κ3) is 25.1. The Morgan fingerprint density at radius 2 is 1.48 bits per heavy atom. The van der Waals surface area contributed by atoms with Crippen molar-refractivity contribution in [1.82, 2.24) is 30.7 Å². The number of aromatic nitrogens is 1. The number of carboxylic acid groups (broad SMARTS) is 1. The van der Waals surface area contributed by atoms with Gasteiger partial charge in [0.2, 0.25) is 11.8 Å². The van der Waals surface area contributed by atoms with Crippen molar-refractivity contribution < 1.29 is 62.7 Å². The van der Waals surface area contributed by atoms with Crippen molar-refractivity contribution in [1.29, 1.82) is 0 Å². The molecule has 0 aliphatic carbocycles. The van der Waals surface area contributed by atoms with Gasteiger partial charge < -0.3 is 59.6 Å². The number of piperidine rings is 1. The third-order valence-corrected chi connectivity index (χ3v) is 15.2. The van der Waals surface area contributed by atoms with E-state index in [2.05, 4.69) is 63.1 Å². The van der Waals surface area contributed by atoms with Crippen LogP contribution in [-0.4, -0.2) is 172 Å². The molecule has 20 nitrogen and oxygen atoms in total. The lowest BCUT2D eigenvalue weighted by Gasteiger charge is -2.37. The maximum absolute atomic E-state index is 14.4. The van der Waals surface area contributed by atoms with Gasteiger partial charge >= 0.3 is 18.0 Å². The van der Waals surface area contributed by atoms with Crippen LogP contribution in [0.5, 0.6) is 5.75 Å². The number of hydrogen-bond acceptors (Lipinski definition) is 16. The minimum Gasteiger partial charge on any atom is -0.508 e. The Hall–Kier alpha value is -6.39. The summed E-state index contributed by atoms with van der Waals surface area (Å²) in [7, 11) is 3.46. The molecule has 21 heteroatoms. The van der Waals surface area contributed by atoms with Crippen molar-refractivity contribution in [2.24, 2.45) is 23.7 Å². The smallest absolute Gasteiger partial charge is 0.407 e. The van der Waals surface area contributed by atoms with Crippen LogP contribution in [0.4, 0.5) is 10.5 Å². The molecule has 4 amide bonds. The molecule has 448 valence electrons. The number of ether oxygens (including phenoxy) is 5. The number of carboxylic acids is 1. The lowest BCUT2D eigenvalue weighted by atomic mass is 9.93. The predicted octanol–water partition coefficient (Wildman–Crippen LogP) is 7.37. The maximum Gasteiger partial charge on any atom is 0.407 e. The van der Waals surface area contributed by atoms with E-state index in [1.54, 1.807) is 48.3 Å². The Morgan fingerprint density at radius 3 is 2.12 bits per heavy atom. The second-order valence-corrected chi connectivity index (χ2v) is 22.1. The summed E-state index contributed by atoms with van der Waals surface area (Å²) in [4.78, 5) is 88.3. The molecule has 2 heterocycles. The summed E-state index contributed by atoms with van der Waals surface area (Å²) in [5.74, 6) is -3.43. The number of esters is 1. The van der Waals surface area contributed by atoms with Gasteiger partial charge in [-0.05, 0) is 87.2 Å². The molecule has 2 aromatic carbocycles. The van der Waals surface area contributed by atoms with Gasteiger partial charge in [0.25, 0.3) is 5.91 Å². The van der Waals surface area contributed by atoms with Crippen LogP contribution in [-0.2, 0) is 49.3 Å². The van der Waals surface area contributed by atoms with Crippen molar-refractivity contribution in [2.75, 3.05) is 98.0 Å². The number of carbonyl (C=O) groups is 6. The number of nitrogens with one attached hydrogen (secondary N) is 3. The zero-order valence-corrected chi connectivity index (χ0v) is 49.8. The summed E-state index contributed by atoms with van der Waals surface area (Å²) in [5.41, 5.74) is 3.21. The summed E-state index contributed by atoms with van der Waals surface area (Å²) in [6, 6.07) is 21.2. The van der Waals surface area contributed by atoms with Crippen LogP contribution in [0.1, 0.15) is 106 Å². The SMILES string of the molecule is CC[C@@H](C)[C@H](NC(=O)CN(C)CCOCCOCCOCCNC(=O)OCC1CCN(c2ccccccc(C)cc2)CC1)C(=O)N(C)[C@H](CC(OC(C)=O)c1nc(C(=O)N[C@@H](Cc2ccc(O)cc2)C[C@H](C)C(=O)O)cs1)C(C)C. The Balaban J connectivity index is 1.14. The van der Waals surface area contributed by atoms with Gasteiger partial charge in [-0.15, -0.1) is 11.3 Å². The summed E-state index contributed by atoms with van der Waals surface area (Å²) in [6.07, 6.45) is 1.74. The molecule has 1 aliphatic heterocycles. The Kier molecular flexibility index (Phi) is 30.0. The normalized spacial score (nSPS) is 14.9. The fourth-order valence-corrected chi connectivity index (χ4v) is 10.0. The number of phenolic OH excluding ortho intramolecular Hbond substituents is 1. The molecule has 1 unspecified atom stereocenters. The van der Waals surface area contributed by atoms with Gasteiger partial charge in [-0.2, -0.15) is 0 Å². The molecular weight excluding hydrogens is 1060 g/mol. The number of carbonyl (C=O) groups excluding carboxylic acids is 5. The van der Waals surface area contributed by atoms with Crippen LogP contribution < -0.4 is 20.9 Å². The molecule has 6 atom stereocenters. The number of aliphatic carboxylic acids is 1. The largest absolute Gasteiger partial charge is 0.508 e. The predicted molar refractivity (Wildman–Crippen MR) is 312 cm³/mol. The van der Waals surface area contributed by atoms with Crippen molar-refractivity contribution in [3.63, 3.8) is 0 Å². The van der Waals surface area contributed by atoms with E-state index in [1.807, 2.05) is 45.9 Å². The van der Waals surface area contributed by atoms with E-state index >= 15 is 0 Å². The minimum absolute atomic E-state index is 0.0251. The number of nitrogens with zero attached hydrogens (tertiary/aromatic N) is 4. The highest BCUT2D eigenvalue weighted by Crippen LogP contribution is 2.31. The van der Waals surface area contributed by atoms with Crippen LogP contribution >= 0.6 is 11.3 Å². The van der Waals surface area contributed by atoms with Crippen LogP contribution in [0.2, 0.25) is 0 Å². The Morgan fingerprint density at radius 1 is 0.827 bits per heavy atom. The van der Waals surface area contributed by atoms with Gasteiger partial charge in [0, 0.05) is 69.7 Å². The first-order valence-corrected chi connectivity index (χ1v) is 29.1. The summed E-state index contributed by atoms with van der Waals surface area (Å²) >= 11 is 1.13. The van der Waals surface area contributed by atoms with E-state index in [1.165, 1.54) is 30.3 Å². The number of benzene rings is 1. The molecule has 0 saturated carbocycles. The molecule has 4 rings (SSSR count). The number of amides is 4. The number of anilines is 1. The van der Waals surface area contributed by atoms with Crippen LogP contribution in [0.3, 0.4) is 0 Å². The summed E-state index contributed by atoms with van der Waals surface area (Å²) in [6.45, 7) is 17.7. The molecule has 0 bridgehead atoms. The molecule has 0 radical (unpaired) electrons. The molecule has 1 fully saturated rings. The first-order chi connectivity index (χ1) is 38.7. The molecule has 5 N–H and O–H groups in total. The lowest BCUT2D eigenvalue weighted by Crippen LogP contribution is -2.55. The second kappa shape index (κ2) is 36.2. The monoisotopic (exact) mass is 1150 g/mol. The highest BCUT2D eigenvalue weighted by Gasteiger charge is 2.36. The van der Waals surface area contributed by atoms with Gasteiger partial charge in [0.1, 0.15) is 22.5 Å². The van der Waals surface area contributed by atoms with Gasteiger partial charge in [-0.3, -0.25) is 28.9 Å². The molecule has 3 aromatic rings. The summed E-state index contributed by atoms with van der Waals surface area (Å²) < 4.78 is 28.2. The molecular formula is C60H89N7O13S. The van der Waals surface area contributed by atoms with Crippen molar-refractivity contribution in [3.05, 3.63) is 100 Å². The van der Waals surface area contributed by atoms with Gasteiger partial charge in [0.05, 0.1) is 58.7 Å². The Labute approximate surface area is 482 Å². The molecule has 1 aromatic heterocycles. The van der Waals surface area contributed by atoms with Gasteiger partial charge in [0.15, 0.2) is 6.10 Å². The quantitative estimate of drug-likeness (QED) is 0.0289. The standard InChI is InChI=1S/C60H89N7O13S/c1-10-43(5)55(58(72)66(9)52(41(2)3)37-53(80-45(7)68)57-63-51(40-81-57)56(71)62-48(35-44(6)59(73)74)36-46-18-21-50(69)22-19-46)64-54(70)38-65(8)28-30-77-32-34-78-33-31-76-29-25-61-60(75)79-39-47-23-26-67(27-24-47)49-16-14-12-11-13-15-42(4)17-20-49/h11-22,40-41,43-44,47-48,52-53,55,69H,10,23-39H2,1-9H3,(H,61,75)(H,62,71)(H,64,70)(H,73,74)/t43-,44+,48-,52-,53?,55+/m1/s1. The van der Waals surface area contributed by atoms with Gasteiger partial charge in [-0.1, -0.05) is 95.1 Å². The number of aryl methyl sites for hydroxylation is 1. The van der Waals surface area contributed by atoms with E-state index in [9.17, 15) is 39.0 Å². The number of phenols is 1.